The van der Waals surface area contributed by atoms with Crippen LogP contribution in [-0.2, 0) is 4.74 Å². The van der Waals surface area contributed by atoms with Crippen molar-refractivity contribution < 1.29 is 14.3 Å². The van der Waals surface area contributed by atoms with Crippen LogP contribution in [0.1, 0.15) is 37.7 Å². The third-order valence-corrected chi connectivity index (χ3v) is 2.62. The van der Waals surface area contributed by atoms with Gasteiger partial charge in [-0.05, 0) is 39.3 Å². The number of alkyl carbamates (subject to hydrolysis) is 1. The van der Waals surface area contributed by atoms with Gasteiger partial charge < -0.3 is 20.3 Å². The molecule has 1 aromatic heterocycles. The van der Waals surface area contributed by atoms with Crippen LogP contribution < -0.4 is 10.6 Å². The molecular weight excluding hydrogens is 298 g/mol. The predicted molar refractivity (Wildman–Crippen MR) is 87.4 cm³/mol. The summed E-state index contributed by atoms with van der Waals surface area (Å²) in [5.41, 5.74) is -0.198. The lowest BCUT2D eigenvalue weighted by molar-refractivity contribution is 0.0527. The van der Waals surface area contributed by atoms with Gasteiger partial charge in [0.25, 0.3) is 5.91 Å². The first-order valence-corrected chi connectivity index (χ1v) is 7.45. The molecule has 0 aromatic carbocycles. The van der Waals surface area contributed by atoms with Gasteiger partial charge in [0.1, 0.15) is 11.4 Å². The van der Waals surface area contributed by atoms with Crippen LogP contribution in [0.3, 0.4) is 0 Å². The Balaban J connectivity index is 2.26. The number of hydrogen-bond donors (Lipinski definition) is 2. The van der Waals surface area contributed by atoms with E-state index in [9.17, 15) is 9.59 Å². The topological polar surface area (TPSA) is 96.5 Å². The molecule has 0 aliphatic rings. The number of ether oxygens (including phenoxy) is 1. The smallest absolute Gasteiger partial charge is 0.407 e. The van der Waals surface area contributed by atoms with Crippen LogP contribution in [-0.4, -0.2) is 59.9 Å². The fraction of sp³-hybridized carbons (Fsp3) is 0.600. The Labute approximate surface area is 136 Å². The molecule has 0 radical (unpaired) electrons. The zero-order valence-electron chi connectivity index (χ0n) is 14.3. The maximum Gasteiger partial charge on any atom is 0.407 e. The average molecular weight is 323 g/mol. The fourth-order valence-electron chi connectivity index (χ4n) is 1.58. The fourth-order valence-corrected chi connectivity index (χ4v) is 1.58. The molecule has 0 atom stereocenters. The normalized spacial score (nSPS) is 10.8. The largest absolute Gasteiger partial charge is 0.444 e. The summed E-state index contributed by atoms with van der Waals surface area (Å²) in [6.07, 6.45) is 0.281. The number of nitrogens with one attached hydrogen (secondary N) is 2. The van der Waals surface area contributed by atoms with Crippen LogP contribution in [0.25, 0.3) is 0 Å². The predicted octanol–water partition coefficient (Wildman–Crippen LogP) is 1.51. The molecule has 1 rings (SSSR count). The summed E-state index contributed by atoms with van der Waals surface area (Å²) < 4.78 is 5.13. The number of hydrogen-bond acceptors (Lipinski definition) is 6. The van der Waals surface area contributed by atoms with E-state index in [0.29, 0.717) is 31.0 Å². The number of aromatic nitrogens is 2. The lowest BCUT2D eigenvalue weighted by Gasteiger charge is -2.19. The second-order valence-corrected chi connectivity index (χ2v) is 6.21. The van der Waals surface area contributed by atoms with Crippen molar-refractivity contribution in [3.05, 3.63) is 17.8 Å². The molecule has 0 fully saturated rings. The minimum atomic E-state index is -0.496. The highest BCUT2D eigenvalue weighted by Gasteiger charge is 2.15. The summed E-state index contributed by atoms with van der Waals surface area (Å²) in [6.45, 7) is 6.56. The van der Waals surface area contributed by atoms with Gasteiger partial charge in [-0.2, -0.15) is 0 Å². The minimum Gasteiger partial charge on any atom is -0.444 e. The summed E-state index contributed by atoms with van der Waals surface area (Å²) in [4.78, 5) is 24.5. The second-order valence-electron chi connectivity index (χ2n) is 6.21. The standard InChI is InChI=1S/C15H25N5O3/c1-15(2,3)23-14(22)17-10-6-9-16-12-8-7-11(18-19-12)13(21)20(4)5/h7-8H,6,9-10H2,1-5H3,(H,16,19)(H,17,22). The molecule has 2 amide bonds. The number of carbonyl (C=O) groups excluding carboxylic acids is 2. The highest BCUT2D eigenvalue weighted by Crippen LogP contribution is 2.06. The highest BCUT2D eigenvalue weighted by molar-refractivity contribution is 5.91. The summed E-state index contributed by atoms with van der Waals surface area (Å²) >= 11 is 0. The molecular formula is C15H25N5O3. The first-order valence-electron chi connectivity index (χ1n) is 7.45. The van der Waals surface area contributed by atoms with Crippen molar-refractivity contribution in [1.82, 2.24) is 20.4 Å². The molecule has 128 valence electrons. The van der Waals surface area contributed by atoms with Gasteiger partial charge in [-0.3, -0.25) is 4.79 Å². The third kappa shape index (κ3) is 7.44. The van der Waals surface area contributed by atoms with Crippen molar-refractivity contribution in [3.8, 4) is 0 Å². The molecule has 23 heavy (non-hydrogen) atoms. The monoisotopic (exact) mass is 323 g/mol. The third-order valence-electron chi connectivity index (χ3n) is 2.62. The van der Waals surface area contributed by atoms with Gasteiger partial charge in [0.2, 0.25) is 0 Å². The van der Waals surface area contributed by atoms with Crippen LogP contribution >= 0.6 is 0 Å². The van der Waals surface area contributed by atoms with Crippen LogP contribution in [0, 0.1) is 0 Å². The summed E-state index contributed by atoms with van der Waals surface area (Å²) in [5.74, 6) is 0.392. The Hall–Kier alpha value is -2.38. The number of nitrogens with zero attached hydrogens (tertiary/aromatic N) is 3. The molecule has 2 N–H and O–H groups in total. The maximum absolute atomic E-state index is 11.7. The molecule has 0 aliphatic carbocycles. The van der Waals surface area contributed by atoms with Gasteiger partial charge in [0, 0.05) is 27.2 Å². The van der Waals surface area contributed by atoms with Crippen LogP contribution in [0.15, 0.2) is 12.1 Å². The Bertz CT molecular complexity index is 523. The quantitative estimate of drug-likeness (QED) is 0.770. The Morgan fingerprint density at radius 2 is 1.87 bits per heavy atom. The van der Waals surface area contributed by atoms with E-state index in [-0.39, 0.29) is 5.91 Å². The first kappa shape index (κ1) is 18.7. The van der Waals surface area contributed by atoms with Crippen molar-refractivity contribution in [2.75, 3.05) is 32.5 Å². The summed E-state index contributed by atoms with van der Waals surface area (Å²) in [7, 11) is 3.32. The van der Waals surface area contributed by atoms with Gasteiger partial charge in [0.05, 0.1) is 0 Å². The van der Waals surface area contributed by atoms with E-state index in [2.05, 4.69) is 20.8 Å². The van der Waals surface area contributed by atoms with E-state index < -0.39 is 11.7 Å². The van der Waals surface area contributed by atoms with E-state index in [4.69, 9.17) is 4.74 Å². The highest BCUT2D eigenvalue weighted by atomic mass is 16.6. The van der Waals surface area contributed by atoms with E-state index in [1.165, 1.54) is 4.90 Å². The molecule has 0 spiro atoms. The van der Waals surface area contributed by atoms with Gasteiger partial charge >= 0.3 is 6.09 Å². The average Bonchev–Trinajstić information content (AvgIpc) is 2.45. The van der Waals surface area contributed by atoms with E-state index in [1.807, 2.05) is 20.8 Å². The van der Waals surface area contributed by atoms with Gasteiger partial charge in [-0.1, -0.05) is 0 Å². The SMILES string of the molecule is CN(C)C(=O)c1ccc(NCCCNC(=O)OC(C)(C)C)nn1. The lowest BCUT2D eigenvalue weighted by atomic mass is 10.2. The van der Waals surface area contributed by atoms with Crippen molar-refractivity contribution in [2.24, 2.45) is 0 Å². The zero-order chi connectivity index (χ0) is 17.5. The number of anilines is 1. The molecule has 0 aliphatic heterocycles. The molecule has 1 aromatic rings. The van der Waals surface area contributed by atoms with Crippen molar-refractivity contribution in [2.45, 2.75) is 32.8 Å². The number of carbonyl (C=O) groups is 2. The maximum atomic E-state index is 11.7. The van der Waals surface area contributed by atoms with Gasteiger partial charge in [-0.25, -0.2) is 4.79 Å². The Morgan fingerprint density at radius 1 is 1.17 bits per heavy atom. The summed E-state index contributed by atoms with van der Waals surface area (Å²) in [6, 6.07) is 3.32. The van der Waals surface area contributed by atoms with Crippen LogP contribution in [0.5, 0.6) is 0 Å². The molecule has 1 heterocycles. The number of amides is 2. The Morgan fingerprint density at radius 3 is 2.39 bits per heavy atom. The molecule has 0 unspecified atom stereocenters. The van der Waals surface area contributed by atoms with Gasteiger partial charge in [0.15, 0.2) is 5.69 Å². The van der Waals surface area contributed by atoms with Crippen molar-refractivity contribution in [1.29, 1.82) is 0 Å². The van der Waals surface area contributed by atoms with Gasteiger partial charge in [-0.15, -0.1) is 10.2 Å². The first-order chi connectivity index (χ1) is 10.7. The summed E-state index contributed by atoms with van der Waals surface area (Å²) in [5, 5.41) is 13.6. The Kier molecular flexibility index (Phi) is 6.74. The number of rotatable bonds is 6. The molecule has 0 saturated heterocycles. The van der Waals surface area contributed by atoms with E-state index in [1.54, 1.807) is 26.2 Å². The van der Waals surface area contributed by atoms with E-state index >= 15 is 0 Å². The van der Waals surface area contributed by atoms with Crippen LogP contribution in [0.4, 0.5) is 10.6 Å². The molecule has 8 nitrogen and oxygen atoms in total. The minimum absolute atomic E-state index is 0.189. The second kappa shape index (κ2) is 8.30. The van der Waals surface area contributed by atoms with Crippen molar-refractivity contribution >= 4 is 17.8 Å². The molecule has 0 bridgehead atoms. The van der Waals surface area contributed by atoms with E-state index in [0.717, 1.165) is 0 Å². The molecule has 0 saturated carbocycles. The lowest BCUT2D eigenvalue weighted by Crippen LogP contribution is -2.33. The van der Waals surface area contributed by atoms with Crippen molar-refractivity contribution in [3.63, 3.8) is 0 Å². The van der Waals surface area contributed by atoms with Crippen LogP contribution in [0.2, 0.25) is 0 Å². The zero-order valence-corrected chi connectivity index (χ0v) is 14.3. The molecule has 8 heteroatoms.